The lowest BCUT2D eigenvalue weighted by molar-refractivity contribution is -0.133. The van der Waals surface area contributed by atoms with Gasteiger partial charge in [0.2, 0.25) is 17.6 Å². The summed E-state index contributed by atoms with van der Waals surface area (Å²) in [5.74, 6) is 0.897. The summed E-state index contributed by atoms with van der Waals surface area (Å²) in [6.45, 7) is 7.33. The number of rotatable bonds is 7. The maximum absolute atomic E-state index is 12.8. The molecular formula is C26H29N5O4. The minimum absolute atomic E-state index is 0.0276. The highest BCUT2D eigenvalue weighted by atomic mass is 16.5. The third-order valence-electron chi connectivity index (χ3n) is 6.67. The molecule has 0 aliphatic carbocycles. The Morgan fingerprint density at radius 2 is 1.80 bits per heavy atom. The Hall–Kier alpha value is -3.72. The fourth-order valence-electron chi connectivity index (χ4n) is 4.51. The number of piperazine rings is 1. The molecule has 182 valence electrons. The van der Waals surface area contributed by atoms with E-state index in [-0.39, 0.29) is 17.7 Å². The average molecular weight is 476 g/mol. The predicted octanol–water partition coefficient (Wildman–Crippen LogP) is 3.64. The number of carbonyl (C=O) groups is 1. The predicted molar refractivity (Wildman–Crippen MR) is 131 cm³/mol. The molecule has 4 aromatic rings. The molecule has 1 fully saturated rings. The molecular weight excluding hydrogens is 446 g/mol. The van der Waals surface area contributed by atoms with Gasteiger partial charge in [0.1, 0.15) is 0 Å². The Kier molecular flexibility index (Phi) is 6.50. The Bertz CT molecular complexity index is 1360. The molecule has 1 atom stereocenters. The molecule has 2 aromatic carbocycles. The number of carbonyl (C=O) groups excluding carboxylic acids is 1. The first-order valence-corrected chi connectivity index (χ1v) is 12.0. The highest BCUT2D eigenvalue weighted by molar-refractivity contribution is 5.76. The number of hydrogen-bond acceptors (Lipinski definition) is 7. The fourth-order valence-corrected chi connectivity index (χ4v) is 4.51. The van der Waals surface area contributed by atoms with E-state index in [0.717, 1.165) is 24.2 Å². The van der Waals surface area contributed by atoms with Crippen molar-refractivity contribution in [1.82, 2.24) is 24.5 Å². The summed E-state index contributed by atoms with van der Waals surface area (Å²) in [5.41, 5.74) is 3.45. The van der Waals surface area contributed by atoms with Crippen molar-refractivity contribution in [2.24, 2.45) is 0 Å². The number of aryl methyl sites for hydroxylation is 2. The molecule has 1 aliphatic heterocycles. The number of nitrogens with zero attached hydrogens (tertiary/aromatic N) is 5. The highest BCUT2D eigenvalue weighted by Crippen LogP contribution is 2.24. The summed E-state index contributed by atoms with van der Waals surface area (Å²) < 4.78 is 12.4. The quantitative estimate of drug-likeness (QED) is 0.402. The van der Waals surface area contributed by atoms with Crippen molar-refractivity contribution in [2.75, 3.05) is 26.2 Å². The van der Waals surface area contributed by atoms with E-state index in [9.17, 15) is 9.59 Å². The van der Waals surface area contributed by atoms with Gasteiger partial charge >= 0.3 is 5.76 Å². The molecule has 0 saturated carbocycles. The summed E-state index contributed by atoms with van der Waals surface area (Å²) in [5, 5.41) is 4.15. The number of hydrogen-bond donors (Lipinski definition) is 0. The van der Waals surface area contributed by atoms with Crippen molar-refractivity contribution in [2.45, 2.75) is 39.3 Å². The normalized spacial score (nSPS) is 15.5. The van der Waals surface area contributed by atoms with Gasteiger partial charge in [0, 0.05) is 44.7 Å². The maximum atomic E-state index is 12.8. The van der Waals surface area contributed by atoms with E-state index in [1.807, 2.05) is 54.3 Å². The van der Waals surface area contributed by atoms with Crippen LogP contribution in [0.25, 0.3) is 22.5 Å². The van der Waals surface area contributed by atoms with Crippen molar-refractivity contribution < 1.29 is 13.7 Å². The van der Waals surface area contributed by atoms with Crippen molar-refractivity contribution >= 4 is 17.0 Å². The first kappa shape index (κ1) is 23.0. The van der Waals surface area contributed by atoms with Crippen LogP contribution in [0.5, 0.6) is 0 Å². The van der Waals surface area contributed by atoms with Gasteiger partial charge in [-0.3, -0.25) is 14.3 Å². The first-order chi connectivity index (χ1) is 17.0. The largest absolute Gasteiger partial charge is 0.419 e. The number of para-hydroxylation sites is 2. The van der Waals surface area contributed by atoms with E-state index in [1.54, 1.807) is 10.6 Å². The smallest absolute Gasteiger partial charge is 0.408 e. The minimum Gasteiger partial charge on any atom is -0.408 e. The number of benzene rings is 2. The second kappa shape index (κ2) is 9.87. The SMILES string of the molecule is Cc1ccc(-c2noc(C(C)N3CCN(C(=O)CCCn4c(=O)oc5ccccc54)CC3)n2)cc1. The standard InChI is InChI=1S/C26H29N5O4/c1-18-9-11-20(12-10-18)24-27-25(35-28-24)19(2)29-14-16-30(17-15-29)23(32)8-5-13-31-21-6-3-4-7-22(21)34-26(31)33/h3-4,6-7,9-12,19H,5,8,13-17H2,1-2H3. The molecule has 0 radical (unpaired) electrons. The van der Waals surface area contributed by atoms with Crippen molar-refractivity contribution in [3.8, 4) is 11.4 Å². The van der Waals surface area contributed by atoms with Crippen LogP contribution < -0.4 is 5.76 Å². The molecule has 5 rings (SSSR count). The summed E-state index contributed by atoms with van der Waals surface area (Å²) in [6, 6.07) is 15.3. The van der Waals surface area contributed by atoms with Crippen LogP contribution in [0.15, 0.2) is 62.3 Å². The molecule has 9 nitrogen and oxygen atoms in total. The van der Waals surface area contributed by atoms with Gasteiger partial charge in [-0.1, -0.05) is 47.1 Å². The van der Waals surface area contributed by atoms with Crippen molar-refractivity contribution in [1.29, 1.82) is 0 Å². The molecule has 0 spiro atoms. The number of fused-ring (bicyclic) bond motifs is 1. The van der Waals surface area contributed by atoms with Crippen LogP contribution in [0.2, 0.25) is 0 Å². The maximum Gasteiger partial charge on any atom is 0.419 e. The zero-order valence-electron chi connectivity index (χ0n) is 20.0. The lowest BCUT2D eigenvalue weighted by Gasteiger charge is -2.36. The number of oxazole rings is 1. The van der Waals surface area contributed by atoms with Gasteiger partial charge in [0.15, 0.2) is 5.58 Å². The van der Waals surface area contributed by atoms with Gasteiger partial charge in [-0.15, -0.1) is 0 Å². The van der Waals surface area contributed by atoms with Crippen LogP contribution in [0.4, 0.5) is 0 Å². The van der Waals surface area contributed by atoms with E-state index in [1.165, 1.54) is 5.56 Å². The lowest BCUT2D eigenvalue weighted by atomic mass is 10.1. The van der Waals surface area contributed by atoms with Crippen LogP contribution in [-0.4, -0.2) is 56.6 Å². The monoisotopic (exact) mass is 475 g/mol. The van der Waals surface area contributed by atoms with Crippen LogP contribution >= 0.6 is 0 Å². The van der Waals surface area contributed by atoms with Gasteiger partial charge in [-0.05, 0) is 32.4 Å². The lowest BCUT2D eigenvalue weighted by Crippen LogP contribution is -2.49. The molecule has 0 bridgehead atoms. The van der Waals surface area contributed by atoms with E-state index < -0.39 is 0 Å². The highest BCUT2D eigenvalue weighted by Gasteiger charge is 2.27. The summed E-state index contributed by atoms with van der Waals surface area (Å²) in [6.07, 6.45) is 0.980. The molecule has 1 unspecified atom stereocenters. The zero-order chi connectivity index (χ0) is 24.4. The molecule has 0 N–H and O–H groups in total. The number of aromatic nitrogens is 3. The van der Waals surface area contributed by atoms with E-state index in [4.69, 9.17) is 8.94 Å². The third kappa shape index (κ3) is 4.90. The topological polar surface area (TPSA) is 97.6 Å². The molecule has 9 heteroatoms. The summed E-state index contributed by atoms with van der Waals surface area (Å²) in [4.78, 5) is 33.6. The zero-order valence-corrected chi connectivity index (χ0v) is 20.0. The molecule has 35 heavy (non-hydrogen) atoms. The van der Waals surface area contributed by atoms with Gasteiger partial charge in [0.05, 0.1) is 11.6 Å². The Labute approximate surface area is 202 Å². The summed E-state index contributed by atoms with van der Waals surface area (Å²) >= 11 is 0. The second-order valence-electron chi connectivity index (χ2n) is 9.01. The van der Waals surface area contributed by atoms with Crippen LogP contribution in [0.3, 0.4) is 0 Å². The average Bonchev–Trinajstić information content (AvgIpc) is 3.49. The third-order valence-corrected chi connectivity index (χ3v) is 6.67. The van der Waals surface area contributed by atoms with Crippen molar-refractivity contribution in [3.05, 3.63) is 70.5 Å². The number of amides is 1. The second-order valence-corrected chi connectivity index (χ2v) is 9.01. The van der Waals surface area contributed by atoms with Crippen molar-refractivity contribution in [3.63, 3.8) is 0 Å². The Morgan fingerprint density at radius 1 is 1.06 bits per heavy atom. The van der Waals surface area contributed by atoms with Gasteiger partial charge in [0.25, 0.3) is 0 Å². The first-order valence-electron chi connectivity index (χ1n) is 12.0. The molecule has 1 aliphatic rings. The van der Waals surface area contributed by atoms with E-state index in [0.29, 0.717) is 49.8 Å². The fraction of sp³-hybridized carbons (Fsp3) is 0.385. The minimum atomic E-state index is -0.382. The van der Waals surface area contributed by atoms with E-state index in [2.05, 4.69) is 22.0 Å². The van der Waals surface area contributed by atoms with Crippen LogP contribution in [-0.2, 0) is 11.3 Å². The molecule has 1 saturated heterocycles. The Balaban J connectivity index is 1.12. The summed E-state index contributed by atoms with van der Waals surface area (Å²) in [7, 11) is 0. The van der Waals surface area contributed by atoms with Gasteiger partial charge < -0.3 is 13.8 Å². The molecule has 1 amide bonds. The molecule has 3 heterocycles. The van der Waals surface area contributed by atoms with E-state index >= 15 is 0 Å². The Morgan fingerprint density at radius 3 is 2.57 bits per heavy atom. The van der Waals surface area contributed by atoms with Crippen LogP contribution in [0, 0.1) is 6.92 Å². The molecule has 2 aromatic heterocycles. The van der Waals surface area contributed by atoms with Crippen LogP contribution in [0.1, 0.15) is 37.3 Å². The van der Waals surface area contributed by atoms with Gasteiger partial charge in [-0.2, -0.15) is 4.98 Å². The van der Waals surface area contributed by atoms with Gasteiger partial charge in [-0.25, -0.2) is 4.79 Å².